The van der Waals surface area contributed by atoms with Gasteiger partial charge in [0, 0.05) is 79.3 Å². The van der Waals surface area contributed by atoms with E-state index < -0.39 is 51.5 Å². The quantitative estimate of drug-likeness (QED) is 0.190. The molecule has 1 spiro atoms. The van der Waals surface area contributed by atoms with Gasteiger partial charge in [0.25, 0.3) is 0 Å². The van der Waals surface area contributed by atoms with Gasteiger partial charge in [0.15, 0.2) is 6.10 Å². The Morgan fingerprint density at radius 1 is 0.965 bits per heavy atom. The molecule has 12 heteroatoms. The van der Waals surface area contributed by atoms with Gasteiger partial charge in [-0.1, -0.05) is 56.3 Å². The van der Waals surface area contributed by atoms with E-state index in [1.165, 1.54) is 21.1 Å². The van der Waals surface area contributed by atoms with Gasteiger partial charge in [0.05, 0.1) is 25.9 Å². The van der Waals surface area contributed by atoms with Crippen molar-refractivity contribution in [2.75, 3.05) is 58.9 Å². The van der Waals surface area contributed by atoms with Gasteiger partial charge < -0.3 is 34.3 Å². The Hall–Kier alpha value is -4.23. The molecular weight excluding hydrogens is 725 g/mol. The number of nitrogens with one attached hydrogen (secondary N) is 1. The van der Waals surface area contributed by atoms with Crippen LogP contribution in [0.4, 0.5) is 5.69 Å². The topological polar surface area (TPSA) is 145 Å². The van der Waals surface area contributed by atoms with Gasteiger partial charge in [-0.15, -0.1) is 0 Å². The van der Waals surface area contributed by atoms with Crippen molar-refractivity contribution in [3.63, 3.8) is 0 Å². The molecule has 0 amide bonds. The molecule has 1 unspecified atom stereocenters. The minimum Gasteiger partial charge on any atom is -0.468 e. The predicted molar refractivity (Wildman–Crippen MR) is 214 cm³/mol. The van der Waals surface area contributed by atoms with Crippen molar-refractivity contribution in [1.82, 2.24) is 14.8 Å². The maximum absolute atomic E-state index is 15.1. The molecule has 5 aliphatic heterocycles. The lowest BCUT2D eigenvalue weighted by Gasteiger charge is -2.63. The van der Waals surface area contributed by atoms with E-state index in [2.05, 4.69) is 45.1 Å². The fourth-order valence-electron chi connectivity index (χ4n) is 13.3. The van der Waals surface area contributed by atoms with Crippen molar-refractivity contribution >= 4 is 34.5 Å². The molecule has 1 saturated carbocycles. The Morgan fingerprint density at radius 3 is 2.46 bits per heavy atom. The van der Waals surface area contributed by atoms with Crippen LogP contribution in [0.25, 0.3) is 10.9 Å². The minimum atomic E-state index is -2.25. The van der Waals surface area contributed by atoms with Crippen LogP contribution in [0.2, 0.25) is 0 Å². The van der Waals surface area contributed by atoms with Gasteiger partial charge in [-0.2, -0.15) is 0 Å². The molecule has 1 aromatic heterocycles. The number of carbonyl (C=O) groups excluding carboxylic acids is 3. The number of aromatic nitrogens is 1. The molecule has 2 bridgehead atoms. The highest BCUT2D eigenvalue weighted by Crippen LogP contribution is 2.67. The standard InChI is InChI=1S/C45H56N4O8/c1-7-41(53)23-28-24-44(39(51)55-5,35-31(16-20-48(25-28)26-41)30-12-9-10-13-33(30)46-35)29-14-15-34-32(22-29)43-18-21-49-19-11-17-42(8-2,36(43)49)38(57-27(3)50)45(54,40(52)56-6)37(43)47(34)4/h9-15,17,22,28,36-38,46,53-54H,7-8,16,18-21,23-26H2,1-6H3/t28-,36-,37+,38+,41-,42+,43+,44-,45-/m0/s1. The third-order valence-corrected chi connectivity index (χ3v) is 15.3. The van der Waals surface area contributed by atoms with Gasteiger partial charge in [-0.05, 0) is 79.8 Å². The lowest BCUT2D eigenvalue weighted by molar-refractivity contribution is -0.228. The normalized spacial score (nSPS) is 37.9. The van der Waals surface area contributed by atoms with Gasteiger partial charge in [-0.25, -0.2) is 4.79 Å². The number of H-pyrrole nitrogens is 1. The van der Waals surface area contributed by atoms with Crippen molar-refractivity contribution in [3.05, 3.63) is 77.0 Å². The number of hydrogen-bond acceptors (Lipinski definition) is 11. The van der Waals surface area contributed by atoms with Crippen molar-refractivity contribution < 1.29 is 38.8 Å². The van der Waals surface area contributed by atoms with Crippen LogP contribution < -0.4 is 4.90 Å². The first-order chi connectivity index (χ1) is 27.3. The number of likely N-dealkylation sites (N-methyl/N-ethyl adjacent to an activating group) is 1. The van der Waals surface area contributed by atoms with Crippen LogP contribution in [0, 0.1) is 11.3 Å². The molecule has 10 atom stereocenters. The minimum absolute atomic E-state index is 0.0382. The van der Waals surface area contributed by atoms with Gasteiger partial charge in [-0.3, -0.25) is 19.4 Å². The van der Waals surface area contributed by atoms with Crippen LogP contribution in [0.15, 0.2) is 54.6 Å². The maximum atomic E-state index is 15.1. The average molecular weight is 781 g/mol. The number of fused-ring (bicyclic) bond motifs is 6. The smallest absolute Gasteiger partial charge is 0.344 e. The van der Waals surface area contributed by atoms with E-state index in [0.29, 0.717) is 58.2 Å². The monoisotopic (exact) mass is 780 g/mol. The van der Waals surface area contributed by atoms with Gasteiger partial charge >= 0.3 is 17.9 Å². The van der Waals surface area contributed by atoms with Crippen LogP contribution in [0.5, 0.6) is 0 Å². The molecule has 3 aromatic rings. The number of aromatic amines is 1. The second-order valence-electron chi connectivity index (χ2n) is 17.9. The highest BCUT2D eigenvalue weighted by molar-refractivity contribution is 5.94. The number of para-hydroxylation sites is 1. The summed E-state index contributed by atoms with van der Waals surface area (Å²) in [5, 5.41) is 26.2. The summed E-state index contributed by atoms with van der Waals surface area (Å²) in [4.78, 5) is 52.9. The number of aliphatic hydroxyl groups is 2. The van der Waals surface area contributed by atoms with E-state index in [4.69, 9.17) is 14.2 Å². The summed E-state index contributed by atoms with van der Waals surface area (Å²) in [6, 6.07) is 13.3. The van der Waals surface area contributed by atoms with Crippen molar-refractivity contribution in [3.8, 4) is 0 Å². The SMILES string of the molecule is CC[C@]1(O)C[C@@H]2CN(CCc3c([nH]c4ccccc34)[C@@](C(=O)OC)(c3ccc4c(c3)[C@@]35CCN6CC=C[C@@](CC)([C@@H](OC(C)=O)[C@](O)(C(=O)OC)[C@@H]3N4C)[C@H]65)C2)C1. The number of piperidine rings is 1. The van der Waals surface area contributed by atoms with Crippen molar-refractivity contribution in [1.29, 1.82) is 0 Å². The number of nitrogens with zero attached hydrogens (tertiary/aromatic N) is 3. The second kappa shape index (κ2) is 13.1. The number of hydrogen-bond donors (Lipinski definition) is 3. The zero-order chi connectivity index (χ0) is 40.3. The summed E-state index contributed by atoms with van der Waals surface area (Å²) in [5.41, 5.74) is -0.870. The number of benzene rings is 2. The largest absolute Gasteiger partial charge is 0.468 e. The summed E-state index contributed by atoms with van der Waals surface area (Å²) in [5.74, 6) is -1.85. The first kappa shape index (κ1) is 38.3. The summed E-state index contributed by atoms with van der Waals surface area (Å²) in [7, 11) is 4.61. The van der Waals surface area contributed by atoms with E-state index in [1.54, 1.807) is 0 Å². The number of methoxy groups -OCH3 is 2. The summed E-state index contributed by atoms with van der Waals surface area (Å²) < 4.78 is 17.5. The highest BCUT2D eigenvalue weighted by Gasteiger charge is 2.80. The summed E-state index contributed by atoms with van der Waals surface area (Å²) in [6.07, 6.45) is 6.24. The zero-order valence-electron chi connectivity index (χ0n) is 34.0. The van der Waals surface area contributed by atoms with E-state index in [0.717, 1.165) is 52.1 Å². The third-order valence-electron chi connectivity index (χ3n) is 15.3. The van der Waals surface area contributed by atoms with Crippen molar-refractivity contribution in [2.24, 2.45) is 11.3 Å². The molecule has 6 aliphatic rings. The number of rotatable bonds is 6. The molecule has 304 valence electrons. The predicted octanol–water partition coefficient (Wildman–Crippen LogP) is 3.98. The Labute approximate surface area is 334 Å². The molecule has 3 N–H and O–H groups in total. The molecule has 57 heavy (non-hydrogen) atoms. The maximum Gasteiger partial charge on any atom is 0.344 e. The second-order valence-corrected chi connectivity index (χ2v) is 17.9. The number of anilines is 1. The molecule has 2 saturated heterocycles. The van der Waals surface area contributed by atoms with Crippen LogP contribution in [-0.4, -0.2) is 126 Å². The fraction of sp³-hybridized carbons (Fsp3) is 0.578. The van der Waals surface area contributed by atoms with E-state index in [9.17, 15) is 19.8 Å². The van der Waals surface area contributed by atoms with Gasteiger partial charge in [0.1, 0.15) is 5.41 Å². The van der Waals surface area contributed by atoms with Crippen LogP contribution in [-0.2, 0) is 45.8 Å². The number of carbonyl (C=O) groups is 3. The number of ether oxygens (including phenoxy) is 3. The molecule has 1 aliphatic carbocycles. The van der Waals surface area contributed by atoms with Crippen molar-refractivity contribution in [2.45, 2.75) is 99.5 Å². The molecule has 9 rings (SSSR count). The molecule has 6 heterocycles. The highest BCUT2D eigenvalue weighted by atomic mass is 16.6. The summed E-state index contributed by atoms with van der Waals surface area (Å²) >= 11 is 0. The first-order valence-corrected chi connectivity index (χ1v) is 20.7. The van der Waals surface area contributed by atoms with Crippen LogP contribution in [0.1, 0.15) is 75.3 Å². The Bertz CT molecular complexity index is 2190. The van der Waals surface area contributed by atoms with Crippen LogP contribution in [0.3, 0.4) is 0 Å². The summed E-state index contributed by atoms with van der Waals surface area (Å²) in [6.45, 7) is 8.81. The fourth-order valence-corrected chi connectivity index (χ4v) is 13.3. The van der Waals surface area contributed by atoms with E-state index in [-0.39, 0.29) is 17.9 Å². The van der Waals surface area contributed by atoms with Gasteiger partial charge in [0.2, 0.25) is 5.60 Å². The molecular formula is C45H56N4O8. The molecule has 12 nitrogen and oxygen atoms in total. The average Bonchev–Trinajstić information content (AvgIpc) is 3.87. The Kier molecular flexibility index (Phi) is 8.83. The number of esters is 3. The Balaban J connectivity index is 1.32. The van der Waals surface area contributed by atoms with Crippen LogP contribution >= 0.6 is 0 Å². The lowest BCUT2D eigenvalue weighted by atomic mass is 9.47. The zero-order valence-corrected chi connectivity index (χ0v) is 34.0. The Morgan fingerprint density at radius 2 is 1.74 bits per heavy atom. The molecule has 0 radical (unpaired) electrons. The third kappa shape index (κ3) is 4.96. The lowest BCUT2D eigenvalue weighted by Crippen LogP contribution is -2.81. The van der Waals surface area contributed by atoms with E-state index in [1.807, 2.05) is 50.1 Å². The first-order valence-electron chi connectivity index (χ1n) is 20.7. The molecule has 2 aromatic carbocycles. The van der Waals surface area contributed by atoms with E-state index >= 15 is 4.79 Å². The molecule has 3 fully saturated rings.